The maximum Gasteiger partial charge on any atom is 0.161 e. The highest BCUT2D eigenvalue weighted by Crippen LogP contribution is 2.52. The number of hydrogen-bond acceptors (Lipinski definition) is 8. The number of thiophene rings is 2. The van der Waals surface area contributed by atoms with Crippen LogP contribution in [0.15, 0.2) is 511 Å². The molecule has 0 atom stereocenters. The molecule has 0 aliphatic carbocycles. The van der Waals surface area contributed by atoms with E-state index in [9.17, 15) is 0 Å². The van der Waals surface area contributed by atoms with E-state index in [4.69, 9.17) is 13.3 Å². The van der Waals surface area contributed by atoms with Crippen LogP contribution in [0.5, 0.6) is 0 Å². The van der Waals surface area contributed by atoms with Crippen LogP contribution in [-0.4, -0.2) is 13.7 Å². The summed E-state index contributed by atoms with van der Waals surface area (Å²) < 4.78 is 32.7. The van der Waals surface area contributed by atoms with Crippen LogP contribution in [0.2, 0.25) is 0 Å². The summed E-state index contributed by atoms with van der Waals surface area (Å²) in [5.74, 6) is 0. The number of furan rings is 3. The Morgan fingerprint density at radius 3 is 0.818 bits per heavy atom. The molecule has 28 rings (SSSR count). The van der Waals surface area contributed by atoms with Crippen molar-refractivity contribution >= 4 is 213 Å². The van der Waals surface area contributed by atoms with Crippen LogP contribution in [0, 0.1) is 0 Å². The molecule has 8 heterocycles. The predicted molar refractivity (Wildman–Crippen MR) is 578 cm³/mol. The van der Waals surface area contributed by atoms with Gasteiger partial charge in [-0.2, -0.15) is 0 Å². The lowest BCUT2D eigenvalue weighted by molar-refractivity contribution is 0.672. The molecule has 9 nitrogen and oxygen atoms in total. The zero-order valence-electron chi connectivity index (χ0n) is 74.1. The van der Waals surface area contributed by atoms with Gasteiger partial charge in [0.15, 0.2) is 22.3 Å². The number of aromatic nitrogens is 3. The minimum absolute atomic E-state index is 0.871. The number of fused-ring (bicyclic) bond motifs is 21. The average Bonchev–Trinajstić information content (AvgIpc) is 1.57. The van der Waals surface area contributed by atoms with E-state index in [0.717, 1.165) is 189 Å². The van der Waals surface area contributed by atoms with Crippen LogP contribution >= 0.6 is 22.7 Å². The van der Waals surface area contributed by atoms with Gasteiger partial charge >= 0.3 is 0 Å². The lowest BCUT2D eigenvalue weighted by atomic mass is 10.0. The largest absolute Gasteiger partial charge is 0.453 e. The van der Waals surface area contributed by atoms with Gasteiger partial charge in [0.2, 0.25) is 0 Å². The molecule has 646 valence electrons. The van der Waals surface area contributed by atoms with Crippen molar-refractivity contribution in [3.05, 3.63) is 497 Å². The summed E-state index contributed by atoms with van der Waals surface area (Å²) in [5.41, 5.74) is 32.1. The second kappa shape index (κ2) is 33.8. The first-order chi connectivity index (χ1) is 68.0. The molecule has 11 heteroatoms. The molecular formula is C126H82N6O3S2. The van der Waals surface area contributed by atoms with Crippen molar-refractivity contribution in [1.29, 1.82) is 0 Å². The van der Waals surface area contributed by atoms with E-state index in [-0.39, 0.29) is 0 Å². The third kappa shape index (κ3) is 13.9. The van der Waals surface area contributed by atoms with Crippen molar-refractivity contribution in [2.75, 3.05) is 14.7 Å². The van der Waals surface area contributed by atoms with Gasteiger partial charge in [0, 0.05) is 146 Å². The SMILES string of the molecule is c1ccc(-c2ccc(N(c3ccccc3)c3ccc(-c4cccc5c4oc4c6ccccc6n(-c6ccccc6)c54)cc3)cc2)cc1.c1ccc(-n2c3ccccc3c3oc4c(N(c5ccc6c(c5)sc5ccccc56)c5ccc6c(c5)sc5ccccc56)cccc4c32)cc1.c1ccc(N(c2ccccc2)c2ccc(-c3cccc4c3oc3c5ccccc5n(-c5ccccc5)c43)cc2)cc1. The van der Waals surface area contributed by atoms with Crippen molar-refractivity contribution in [1.82, 2.24) is 13.7 Å². The second-order valence-electron chi connectivity index (χ2n) is 34.5. The van der Waals surface area contributed by atoms with Crippen LogP contribution in [0.25, 0.3) is 190 Å². The topological polar surface area (TPSA) is 63.9 Å². The first-order valence-corrected chi connectivity index (χ1v) is 47.9. The molecule has 0 radical (unpaired) electrons. The van der Waals surface area contributed by atoms with E-state index in [1.807, 2.05) is 22.7 Å². The van der Waals surface area contributed by atoms with Gasteiger partial charge in [-0.1, -0.05) is 291 Å². The van der Waals surface area contributed by atoms with Crippen molar-refractivity contribution in [2.45, 2.75) is 0 Å². The Labute approximate surface area is 796 Å². The van der Waals surface area contributed by atoms with Crippen LogP contribution in [0.1, 0.15) is 0 Å². The van der Waals surface area contributed by atoms with Gasteiger partial charge in [-0.15, -0.1) is 22.7 Å². The molecule has 0 unspecified atom stereocenters. The van der Waals surface area contributed by atoms with E-state index in [1.165, 1.54) is 51.5 Å². The second-order valence-corrected chi connectivity index (χ2v) is 36.7. The maximum atomic E-state index is 7.04. The molecule has 0 saturated carbocycles. The molecule has 28 aromatic rings. The summed E-state index contributed by atoms with van der Waals surface area (Å²) in [6.45, 7) is 0. The summed E-state index contributed by atoms with van der Waals surface area (Å²) in [7, 11) is 0. The summed E-state index contributed by atoms with van der Waals surface area (Å²) >= 11 is 3.70. The van der Waals surface area contributed by atoms with Gasteiger partial charge in [-0.3, -0.25) is 0 Å². The third-order valence-electron chi connectivity index (χ3n) is 26.6. The van der Waals surface area contributed by atoms with Crippen molar-refractivity contribution in [2.24, 2.45) is 0 Å². The Balaban J connectivity index is 0.000000107. The quantitative estimate of drug-likeness (QED) is 0.102. The molecule has 137 heavy (non-hydrogen) atoms. The highest BCUT2D eigenvalue weighted by Gasteiger charge is 2.29. The number of benzene rings is 20. The van der Waals surface area contributed by atoms with Crippen LogP contribution in [0.4, 0.5) is 51.2 Å². The molecular weight excluding hydrogens is 1710 g/mol. The maximum absolute atomic E-state index is 7.04. The first kappa shape index (κ1) is 80.1. The fraction of sp³-hybridized carbons (Fsp3) is 0. The molecule has 0 saturated heterocycles. The fourth-order valence-electron chi connectivity index (χ4n) is 20.4. The van der Waals surface area contributed by atoms with Crippen molar-refractivity contribution in [3.63, 3.8) is 0 Å². The van der Waals surface area contributed by atoms with Gasteiger partial charge in [0.05, 0.1) is 22.2 Å². The Morgan fingerprint density at radius 1 is 0.168 bits per heavy atom. The highest BCUT2D eigenvalue weighted by molar-refractivity contribution is 7.26. The fourth-order valence-corrected chi connectivity index (χ4v) is 22.7. The standard InChI is InChI=1S/C44H26N2OS2.C44H30N2O.C38H26N2O/c1-2-11-27(12-3-1)46-36-17-7-4-15-34(36)44-42(46)35-16-10-18-37(43(35)47-44)45(28-21-23-32-30-13-5-8-19-38(30)48-40(32)25-28)29-22-24-33-31-14-6-9-20-39(31)49-41(33)26-29;1-4-13-31(14-5-1)32-23-27-36(28-24-32)45(34-15-6-2-7-16-34)37-29-25-33(26-30-37)38-20-12-21-40-42-44(47-43(38)40)39-19-10-11-22-41(39)46(42)35-17-8-3-9-18-35;1-4-13-28(14-5-1)39(29-15-6-2-7-16-29)31-25-23-27(24-26-31)32-20-12-21-34-36-38(41-37(32)34)33-19-10-11-22-35(33)40(36)30-17-8-3-9-18-30/h1-26H;1-30H;1-26H. The van der Waals surface area contributed by atoms with Gasteiger partial charge in [-0.05, 0) is 229 Å². The number of anilines is 9. The number of para-hydroxylation sites is 12. The Bertz CT molecular complexity index is 9240. The molecule has 0 amide bonds. The molecule has 0 aliphatic rings. The number of rotatable bonds is 15. The Morgan fingerprint density at radius 2 is 0.438 bits per heavy atom. The van der Waals surface area contributed by atoms with Crippen LogP contribution < -0.4 is 14.7 Å². The smallest absolute Gasteiger partial charge is 0.161 e. The van der Waals surface area contributed by atoms with Gasteiger partial charge in [0.1, 0.15) is 27.7 Å². The molecule has 0 bridgehead atoms. The van der Waals surface area contributed by atoms with Crippen molar-refractivity contribution in [3.8, 4) is 50.4 Å². The minimum Gasteiger partial charge on any atom is -0.453 e. The van der Waals surface area contributed by atoms with Gasteiger partial charge in [-0.25, -0.2) is 0 Å². The summed E-state index contributed by atoms with van der Waals surface area (Å²) in [6, 6.07) is 176. The van der Waals surface area contributed by atoms with E-state index < -0.39 is 0 Å². The molecule has 0 aliphatic heterocycles. The Hall–Kier alpha value is -17.7. The summed E-state index contributed by atoms with van der Waals surface area (Å²) in [4.78, 5) is 6.96. The normalized spacial score (nSPS) is 11.6. The van der Waals surface area contributed by atoms with Crippen LogP contribution in [0.3, 0.4) is 0 Å². The third-order valence-corrected chi connectivity index (χ3v) is 28.8. The molecule has 0 fully saturated rings. The monoisotopic (exact) mass is 1790 g/mol. The van der Waals surface area contributed by atoms with E-state index in [0.29, 0.717) is 0 Å². The molecule has 8 aromatic heterocycles. The molecule has 0 spiro atoms. The van der Waals surface area contributed by atoms with Crippen LogP contribution in [-0.2, 0) is 0 Å². The van der Waals surface area contributed by atoms with Gasteiger partial charge < -0.3 is 41.7 Å². The molecule has 20 aromatic carbocycles. The highest BCUT2D eigenvalue weighted by atomic mass is 32.1. The first-order valence-electron chi connectivity index (χ1n) is 46.2. The average molecular weight is 1790 g/mol. The van der Waals surface area contributed by atoms with E-state index in [2.05, 4.69) is 526 Å². The number of hydrogen-bond donors (Lipinski definition) is 0. The summed E-state index contributed by atoms with van der Waals surface area (Å²) in [6.07, 6.45) is 0. The predicted octanol–water partition coefficient (Wildman–Crippen LogP) is 36.7. The van der Waals surface area contributed by atoms with Crippen molar-refractivity contribution < 1.29 is 13.3 Å². The zero-order valence-corrected chi connectivity index (χ0v) is 75.7. The van der Waals surface area contributed by atoms with E-state index in [1.54, 1.807) is 0 Å². The number of nitrogens with zero attached hydrogens (tertiary/aromatic N) is 6. The van der Waals surface area contributed by atoms with Gasteiger partial charge in [0.25, 0.3) is 0 Å². The Kier molecular flexibility index (Phi) is 19.8. The summed E-state index contributed by atoms with van der Waals surface area (Å²) in [5, 5.41) is 11.8. The lowest BCUT2D eigenvalue weighted by Gasteiger charge is -2.26. The zero-order chi connectivity index (χ0) is 90.4. The minimum atomic E-state index is 0.871. The lowest BCUT2D eigenvalue weighted by Crippen LogP contribution is -2.10. The van der Waals surface area contributed by atoms with E-state index >= 15 is 0 Å². The molecule has 0 N–H and O–H groups in total.